The maximum absolute atomic E-state index is 14.0. The van der Waals surface area contributed by atoms with E-state index in [1.54, 1.807) is 6.07 Å². The van der Waals surface area contributed by atoms with Gasteiger partial charge in [0, 0.05) is 16.8 Å². The molecule has 0 fully saturated rings. The average molecular weight is 1010 g/mol. The van der Waals surface area contributed by atoms with Crippen molar-refractivity contribution in [3.05, 3.63) is 118 Å². The second-order valence-corrected chi connectivity index (χ2v) is 19.8. The minimum atomic E-state index is -4.76. The lowest BCUT2D eigenvalue weighted by atomic mass is 9.97. The number of ether oxygens (including phenoxy) is 2. The first-order chi connectivity index (χ1) is 32.6. The van der Waals surface area contributed by atoms with Crippen molar-refractivity contribution >= 4 is 74.7 Å². The predicted octanol–water partition coefficient (Wildman–Crippen LogP) is 3.40. The van der Waals surface area contributed by atoms with E-state index < -0.39 is 96.8 Å². The fourth-order valence-corrected chi connectivity index (χ4v) is 10.5. The van der Waals surface area contributed by atoms with Gasteiger partial charge in [-0.25, -0.2) is 17.4 Å². The Balaban J connectivity index is 1.27. The van der Waals surface area contributed by atoms with Gasteiger partial charge in [0.2, 0.25) is 11.8 Å². The number of benzene rings is 4. The summed E-state index contributed by atoms with van der Waals surface area (Å²) >= 11 is 0.747. The summed E-state index contributed by atoms with van der Waals surface area (Å²) < 4.78 is 72.3. The summed E-state index contributed by atoms with van der Waals surface area (Å²) in [6.07, 6.45) is -3.20. The fraction of sp³-hybridized carbons (Fsp3) is 0.250. The quantitative estimate of drug-likeness (QED) is 0.0291. The Bertz CT molecular complexity index is 2870. The van der Waals surface area contributed by atoms with E-state index in [0.29, 0.717) is 38.4 Å². The van der Waals surface area contributed by atoms with Crippen molar-refractivity contribution in [2.75, 3.05) is 32.6 Å². The maximum Gasteiger partial charge on any atom is 0.391 e. The molecule has 1 atom stereocenters. The molecule has 5 aromatic rings. The number of carboxylic acid groups (broad SMARTS) is 4. The van der Waals surface area contributed by atoms with E-state index in [-0.39, 0.29) is 71.5 Å². The van der Waals surface area contributed by atoms with Crippen LogP contribution in [0, 0.1) is 17.1 Å². The number of thiophene rings is 1. The summed E-state index contributed by atoms with van der Waals surface area (Å²) in [6.45, 7) is -0.451. The van der Waals surface area contributed by atoms with E-state index in [1.165, 1.54) is 54.6 Å². The summed E-state index contributed by atoms with van der Waals surface area (Å²) in [5, 5.41) is 51.5. The number of amides is 2. The number of sulfonamides is 1. The molecular formula is C44H42FN4O17PS2. The topological polar surface area (TPSA) is 342 Å². The van der Waals surface area contributed by atoms with Crippen LogP contribution in [0.2, 0.25) is 0 Å². The molecule has 4 aromatic carbocycles. The van der Waals surface area contributed by atoms with Crippen molar-refractivity contribution in [1.29, 1.82) is 5.26 Å². The van der Waals surface area contributed by atoms with Gasteiger partial charge < -0.3 is 50.0 Å². The van der Waals surface area contributed by atoms with Gasteiger partial charge in [-0.1, -0.05) is 36.4 Å². The molecule has 364 valence electrons. The average Bonchev–Trinajstić information content (AvgIpc) is 3.68. The molecule has 0 aliphatic rings. The number of nitriles is 1. The van der Waals surface area contributed by atoms with Crippen molar-refractivity contribution in [2.45, 2.75) is 42.7 Å². The van der Waals surface area contributed by atoms with E-state index in [9.17, 15) is 71.5 Å². The van der Waals surface area contributed by atoms with Crippen molar-refractivity contribution in [3.8, 4) is 23.3 Å². The van der Waals surface area contributed by atoms with E-state index in [2.05, 4.69) is 10.6 Å². The monoisotopic (exact) mass is 1010 g/mol. The normalized spacial score (nSPS) is 12.0. The number of rotatable bonds is 26. The molecule has 0 saturated heterocycles. The molecular weight excluding hydrogens is 971 g/mol. The van der Waals surface area contributed by atoms with Gasteiger partial charge in [0.15, 0.2) is 11.5 Å². The van der Waals surface area contributed by atoms with Crippen molar-refractivity contribution in [2.24, 2.45) is 0 Å². The second kappa shape index (κ2) is 23.5. The van der Waals surface area contributed by atoms with Gasteiger partial charge in [-0.05, 0) is 63.0 Å². The number of carbonyl (C=O) groups is 6. The van der Waals surface area contributed by atoms with E-state index >= 15 is 0 Å². The number of aliphatic carboxylic acids is 4. The lowest BCUT2D eigenvalue weighted by Crippen LogP contribution is -2.30. The van der Waals surface area contributed by atoms with E-state index in [1.807, 2.05) is 4.72 Å². The predicted molar refractivity (Wildman–Crippen MR) is 241 cm³/mol. The molecule has 1 aromatic heterocycles. The molecule has 0 bridgehead atoms. The van der Waals surface area contributed by atoms with Crippen molar-refractivity contribution < 1.29 is 85.5 Å². The molecule has 5 rings (SSSR count). The Hall–Kier alpha value is -7.42. The maximum atomic E-state index is 14.0. The Morgan fingerprint density at radius 2 is 1.16 bits per heavy atom. The molecule has 69 heavy (non-hydrogen) atoms. The number of hydrogen-bond donors (Lipinski definition) is 8. The third-order valence-electron chi connectivity index (χ3n) is 9.59. The molecule has 0 radical (unpaired) electrons. The van der Waals surface area contributed by atoms with Gasteiger partial charge >= 0.3 is 31.5 Å². The van der Waals surface area contributed by atoms with Gasteiger partial charge in [-0.2, -0.15) is 9.98 Å². The molecule has 2 amide bonds. The smallest absolute Gasteiger partial charge is 0.391 e. The first-order valence-corrected chi connectivity index (χ1v) is 24.3. The van der Waals surface area contributed by atoms with E-state index in [0.717, 1.165) is 23.5 Å². The molecule has 25 heteroatoms. The molecule has 8 N–H and O–H groups in total. The largest absolute Gasteiger partial charge is 0.488 e. The zero-order chi connectivity index (χ0) is 50.5. The molecule has 0 saturated carbocycles. The lowest BCUT2D eigenvalue weighted by molar-refractivity contribution is -0.137. The number of carboxylic acids is 4. The third kappa shape index (κ3) is 16.1. The Labute approximate surface area is 395 Å². The van der Waals surface area contributed by atoms with Crippen LogP contribution in [-0.2, 0) is 81.9 Å². The number of carbonyl (C=O) groups excluding carboxylic acids is 2. The molecule has 1 heterocycles. The molecule has 21 nitrogen and oxygen atoms in total. The molecule has 0 aliphatic carbocycles. The minimum absolute atomic E-state index is 0.0662. The molecule has 1 unspecified atom stereocenters. The Morgan fingerprint density at radius 1 is 0.667 bits per heavy atom. The number of hydrogen-bond acceptors (Lipinski definition) is 14. The summed E-state index contributed by atoms with van der Waals surface area (Å²) in [5.74, 6) is -6.95. The first kappa shape index (κ1) is 52.5. The van der Waals surface area contributed by atoms with Gasteiger partial charge in [-0.3, -0.25) is 28.8 Å². The lowest BCUT2D eigenvalue weighted by Gasteiger charge is -2.14. The fourth-order valence-electron chi connectivity index (χ4n) is 6.56. The Kier molecular flexibility index (Phi) is 17.9. The van der Waals surface area contributed by atoms with Crippen LogP contribution in [0.25, 0.3) is 10.1 Å². The zero-order valence-corrected chi connectivity index (χ0v) is 38.5. The van der Waals surface area contributed by atoms with Gasteiger partial charge in [0.25, 0.3) is 10.0 Å². The van der Waals surface area contributed by atoms with Crippen LogP contribution in [0.1, 0.15) is 38.9 Å². The SMILES string of the molecule is N#Cc1ccc(OP(=O)(O)CNS(=O)(=O)c2cc3cc(OCCNC(=O)Cc4ccc(CC(=O)O)c(CC(=O)O)c4)c(OCCNC(=O)Cc4ccc(CC(=O)O)c(CC(=O)O)c4)cc3s2)cc1F. The molecule has 0 aliphatic heterocycles. The summed E-state index contributed by atoms with van der Waals surface area (Å²) in [7, 11) is -9.24. The highest BCUT2D eigenvalue weighted by Gasteiger charge is 2.28. The van der Waals surface area contributed by atoms with Crippen molar-refractivity contribution in [1.82, 2.24) is 15.4 Å². The second-order valence-electron chi connectivity index (χ2n) is 14.9. The van der Waals surface area contributed by atoms with Gasteiger partial charge in [0.05, 0.1) is 57.2 Å². The molecule has 0 spiro atoms. The van der Waals surface area contributed by atoms with Crippen LogP contribution in [0.15, 0.2) is 77.0 Å². The first-order valence-electron chi connectivity index (χ1n) is 20.3. The summed E-state index contributed by atoms with van der Waals surface area (Å²) in [4.78, 5) is 81.3. The number of nitrogens with zero attached hydrogens (tertiary/aromatic N) is 1. The van der Waals surface area contributed by atoms with Crippen LogP contribution in [0.3, 0.4) is 0 Å². The number of fused-ring (bicyclic) bond motifs is 1. The van der Waals surface area contributed by atoms with Crippen LogP contribution in [-0.4, -0.2) is 102 Å². The summed E-state index contributed by atoms with van der Waals surface area (Å²) in [6, 6.07) is 17.3. The van der Waals surface area contributed by atoms with Gasteiger partial charge in [0.1, 0.15) is 41.3 Å². The minimum Gasteiger partial charge on any atom is -0.488 e. The third-order valence-corrected chi connectivity index (χ3v) is 13.8. The highest BCUT2D eigenvalue weighted by Crippen LogP contribution is 2.43. The van der Waals surface area contributed by atoms with Crippen LogP contribution in [0.4, 0.5) is 4.39 Å². The Morgan fingerprint density at radius 3 is 1.64 bits per heavy atom. The van der Waals surface area contributed by atoms with Gasteiger partial charge in [-0.15, -0.1) is 11.3 Å². The van der Waals surface area contributed by atoms with E-state index in [4.69, 9.17) is 19.3 Å². The van der Waals surface area contributed by atoms with Crippen LogP contribution < -0.4 is 29.4 Å². The zero-order valence-electron chi connectivity index (χ0n) is 35.9. The highest BCUT2D eigenvalue weighted by molar-refractivity contribution is 7.92. The summed E-state index contributed by atoms with van der Waals surface area (Å²) in [5.41, 5.74) is 1.59. The highest BCUT2D eigenvalue weighted by atomic mass is 32.2. The van der Waals surface area contributed by atoms with Crippen LogP contribution >= 0.6 is 18.9 Å². The van der Waals surface area contributed by atoms with Crippen LogP contribution in [0.5, 0.6) is 17.2 Å². The number of halogens is 1. The number of nitrogens with one attached hydrogen (secondary N) is 3. The standard InChI is InChI=1S/C44H42FN4O17PS2/c45-34-21-33(6-5-29(34)23-46)66-67(60,61)24-49-69(62,63)44-20-32-15-35(64-9-7-47-38(50)13-25-1-3-27(16-40(52)53)30(11-25)18-42(56)57)36(22-37(32)68-44)65-10-8-48-39(51)14-26-2-4-28(17-41(54)55)31(12-26)19-43(58)59/h1-6,11-12,15,20-22,49H,7-10,13-14,16-19,24H2,(H,47,50)(H,48,51)(H,52,53)(H,54,55)(H,56,57)(H,58,59)(H,60,61). The van der Waals surface area contributed by atoms with Crippen molar-refractivity contribution in [3.63, 3.8) is 0 Å².